The van der Waals surface area contributed by atoms with Gasteiger partial charge in [0.1, 0.15) is 22.6 Å². The topological polar surface area (TPSA) is 55.1 Å². The fourth-order valence-corrected chi connectivity index (χ4v) is 2.04. The SMILES string of the molecule is Cc1cc(O)c(Cl)c(=O)n1-c1cc(Cl)ncc1CF. The van der Waals surface area contributed by atoms with E-state index in [4.69, 9.17) is 23.2 Å². The van der Waals surface area contributed by atoms with Crippen LogP contribution in [0, 0.1) is 6.92 Å². The molecule has 0 aliphatic rings. The van der Waals surface area contributed by atoms with Gasteiger partial charge in [-0.15, -0.1) is 0 Å². The van der Waals surface area contributed by atoms with Gasteiger partial charge in [-0.1, -0.05) is 23.2 Å². The monoisotopic (exact) mass is 302 g/mol. The maximum Gasteiger partial charge on any atom is 0.277 e. The molecule has 2 heterocycles. The van der Waals surface area contributed by atoms with E-state index >= 15 is 0 Å². The fraction of sp³-hybridized carbons (Fsp3) is 0.167. The lowest BCUT2D eigenvalue weighted by atomic mass is 10.2. The quantitative estimate of drug-likeness (QED) is 0.868. The molecule has 100 valence electrons. The molecular weight excluding hydrogens is 294 g/mol. The summed E-state index contributed by atoms with van der Waals surface area (Å²) in [6, 6.07) is 2.69. The summed E-state index contributed by atoms with van der Waals surface area (Å²) < 4.78 is 14.2. The Balaban J connectivity index is 2.83. The highest BCUT2D eigenvalue weighted by molar-refractivity contribution is 6.31. The molecular formula is C12H9Cl2FN2O2. The molecule has 0 aliphatic carbocycles. The Morgan fingerprint density at radius 2 is 2.11 bits per heavy atom. The van der Waals surface area contributed by atoms with E-state index in [2.05, 4.69) is 4.98 Å². The van der Waals surface area contributed by atoms with Gasteiger partial charge in [0.15, 0.2) is 0 Å². The second-order valence-electron chi connectivity index (χ2n) is 3.89. The molecule has 4 nitrogen and oxygen atoms in total. The van der Waals surface area contributed by atoms with Crippen molar-refractivity contribution in [3.05, 3.63) is 50.1 Å². The van der Waals surface area contributed by atoms with Gasteiger partial charge in [0.2, 0.25) is 0 Å². The van der Waals surface area contributed by atoms with E-state index in [1.54, 1.807) is 6.92 Å². The molecule has 2 rings (SSSR count). The molecule has 1 N–H and O–H groups in total. The Labute approximate surface area is 118 Å². The summed E-state index contributed by atoms with van der Waals surface area (Å²) in [5.74, 6) is -0.317. The van der Waals surface area contributed by atoms with E-state index in [9.17, 15) is 14.3 Å². The molecule has 0 bridgehead atoms. The minimum Gasteiger partial charge on any atom is -0.506 e. The van der Waals surface area contributed by atoms with Crippen molar-refractivity contribution < 1.29 is 9.50 Å². The van der Waals surface area contributed by atoms with Gasteiger partial charge in [-0.3, -0.25) is 9.36 Å². The minimum absolute atomic E-state index is 0.127. The lowest BCUT2D eigenvalue weighted by molar-refractivity contribution is 0.471. The van der Waals surface area contributed by atoms with E-state index < -0.39 is 12.2 Å². The molecule has 0 fully saturated rings. The summed E-state index contributed by atoms with van der Waals surface area (Å²) >= 11 is 11.5. The Morgan fingerprint density at radius 3 is 2.74 bits per heavy atom. The zero-order chi connectivity index (χ0) is 14.2. The van der Waals surface area contributed by atoms with E-state index in [1.165, 1.54) is 22.9 Å². The van der Waals surface area contributed by atoms with Crippen molar-refractivity contribution in [1.29, 1.82) is 0 Å². The number of hydrogen-bond donors (Lipinski definition) is 1. The van der Waals surface area contributed by atoms with Gasteiger partial charge in [-0.05, 0) is 6.92 Å². The number of pyridine rings is 2. The predicted molar refractivity (Wildman–Crippen MR) is 71.1 cm³/mol. The molecule has 0 spiro atoms. The number of nitrogens with zero attached hydrogens (tertiary/aromatic N) is 2. The number of aryl methyl sites for hydroxylation is 1. The summed E-state index contributed by atoms with van der Waals surface area (Å²) in [7, 11) is 0. The number of alkyl halides is 1. The first-order valence-corrected chi connectivity index (χ1v) is 6.03. The molecule has 19 heavy (non-hydrogen) atoms. The molecule has 2 aromatic rings. The van der Waals surface area contributed by atoms with E-state index in [0.717, 1.165) is 0 Å². The van der Waals surface area contributed by atoms with Crippen LogP contribution in [0.2, 0.25) is 10.2 Å². The number of rotatable bonds is 2. The van der Waals surface area contributed by atoms with Crippen molar-refractivity contribution in [2.24, 2.45) is 0 Å². The van der Waals surface area contributed by atoms with Gasteiger partial charge < -0.3 is 5.11 Å². The Hall–Kier alpha value is -1.59. The molecule has 2 aromatic heterocycles. The maximum atomic E-state index is 13.0. The van der Waals surface area contributed by atoms with E-state index in [-0.39, 0.29) is 27.2 Å². The van der Waals surface area contributed by atoms with Crippen LogP contribution in [0.25, 0.3) is 5.69 Å². The molecule has 0 aliphatic heterocycles. The van der Waals surface area contributed by atoms with Gasteiger partial charge in [0.05, 0.1) is 5.69 Å². The first-order valence-electron chi connectivity index (χ1n) is 5.27. The van der Waals surface area contributed by atoms with Crippen LogP contribution >= 0.6 is 23.2 Å². The Bertz CT molecular complexity index is 701. The summed E-state index contributed by atoms with van der Waals surface area (Å²) in [4.78, 5) is 15.8. The van der Waals surface area contributed by atoms with E-state index in [1.807, 2.05) is 0 Å². The van der Waals surface area contributed by atoms with Gasteiger partial charge in [-0.2, -0.15) is 0 Å². The van der Waals surface area contributed by atoms with Crippen LogP contribution in [0.4, 0.5) is 4.39 Å². The number of halogens is 3. The van der Waals surface area contributed by atoms with E-state index in [0.29, 0.717) is 5.69 Å². The summed E-state index contributed by atoms with van der Waals surface area (Å²) in [6.45, 7) is 0.789. The zero-order valence-corrected chi connectivity index (χ0v) is 11.3. The first-order chi connectivity index (χ1) is 8.95. The normalized spacial score (nSPS) is 10.7. The van der Waals surface area contributed by atoms with Crippen molar-refractivity contribution >= 4 is 23.2 Å². The lowest BCUT2D eigenvalue weighted by Gasteiger charge is -2.14. The van der Waals surface area contributed by atoms with Gasteiger partial charge >= 0.3 is 0 Å². The molecule has 0 unspecified atom stereocenters. The lowest BCUT2D eigenvalue weighted by Crippen LogP contribution is -2.22. The maximum absolute atomic E-state index is 13.0. The Kier molecular flexibility index (Phi) is 3.78. The summed E-state index contributed by atoms with van der Waals surface area (Å²) in [5.41, 5.74) is 0.225. The van der Waals surface area contributed by atoms with Crippen LogP contribution in [0.1, 0.15) is 11.3 Å². The highest BCUT2D eigenvalue weighted by Crippen LogP contribution is 2.24. The molecule has 0 atom stereocenters. The van der Waals surface area contributed by atoms with Crippen molar-refractivity contribution in [1.82, 2.24) is 9.55 Å². The third kappa shape index (κ3) is 2.43. The largest absolute Gasteiger partial charge is 0.506 e. The van der Waals surface area contributed by atoms with Gasteiger partial charge in [0, 0.05) is 29.6 Å². The van der Waals surface area contributed by atoms with Crippen molar-refractivity contribution in [3.8, 4) is 11.4 Å². The molecule has 0 saturated carbocycles. The average Bonchev–Trinajstić information content (AvgIpc) is 2.36. The highest BCUT2D eigenvalue weighted by Gasteiger charge is 2.15. The number of aromatic nitrogens is 2. The Morgan fingerprint density at radius 1 is 1.42 bits per heavy atom. The number of aromatic hydroxyl groups is 1. The standard InChI is InChI=1S/C12H9Cl2FN2O2/c1-6-2-9(18)11(14)12(19)17(6)8-3-10(13)16-5-7(8)4-15/h2-3,5,18H,4H2,1H3. The van der Waals surface area contributed by atoms with Crippen LogP contribution in [-0.2, 0) is 6.67 Å². The van der Waals surface area contributed by atoms with Crippen molar-refractivity contribution in [2.45, 2.75) is 13.6 Å². The predicted octanol–water partition coefficient (Wildman–Crippen LogP) is 3.02. The third-order valence-corrected chi connectivity index (χ3v) is 3.19. The molecule has 7 heteroatoms. The first kappa shape index (κ1) is 13.8. The van der Waals surface area contributed by atoms with Crippen LogP contribution in [0.5, 0.6) is 5.75 Å². The van der Waals surface area contributed by atoms with Crippen LogP contribution in [0.15, 0.2) is 23.1 Å². The van der Waals surface area contributed by atoms with Gasteiger partial charge in [0.25, 0.3) is 5.56 Å². The van der Waals surface area contributed by atoms with Crippen LogP contribution in [-0.4, -0.2) is 14.7 Å². The molecule has 0 amide bonds. The van der Waals surface area contributed by atoms with Gasteiger partial charge in [-0.25, -0.2) is 9.37 Å². The van der Waals surface area contributed by atoms with Crippen molar-refractivity contribution in [3.63, 3.8) is 0 Å². The highest BCUT2D eigenvalue weighted by atomic mass is 35.5. The fourth-order valence-electron chi connectivity index (χ4n) is 1.75. The summed E-state index contributed by atoms with van der Waals surface area (Å²) in [6.07, 6.45) is 1.25. The summed E-state index contributed by atoms with van der Waals surface area (Å²) in [5, 5.41) is 9.27. The molecule has 0 radical (unpaired) electrons. The average molecular weight is 303 g/mol. The number of hydrogen-bond acceptors (Lipinski definition) is 3. The smallest absolute Gasteiger partial charge is 0.277 e. The minimum atomic E-state index is -0.802. The van der Waals surface area contributed by atoms with Crippen LogP contribution < -0.4 is 5.56 Å². The van der Waals surface area contributed by atoms with Crippen LogP contribution in [0.3, 0.4) is 0 Å². The third-order valence-electron chi connectivity index (χ3n) is 2.63. The second kappa shape index (κ2) is 5.19. The molecule has 0 aromatic carbocycles. The second-order valence-corrected chi connectivity index (χ2v) is 4.66. The molecule has 0 saturated heterocycles. The van der Waals surface area contributed by atoms with Crippen molar-refractivity contribution in [2.75, 3.05) is 0 Å². The zero-order valence-electron chi connectivity index (χ0n) is 9.82.